The van der Waals surface area contributed by atoms with Crippen molar-refractivity contribution >= 4 is 27.5 Å². The molecule has 3 rings (SSSR count). The molecule has 0 radical (unpaired) electrons. The molecular weight excluding hydrogens is 510 g/mol. The van der Waals surface area contributed by atoms with Gasteiger partial charge in [-0.3, -0.25) is 13.9 Å². The van der Waals surface area contributed by atoms with Crippen molar-refractivity contribution in [3.05, 3.63) is 96.1 Å². The Hall–Kier alpha value is -3.65. The van der Waals surface area contributed by atoms with Gasteiger partial charge in [0.25, 0.3) is 10.0 Å². The third kappa shape index (κ3) is 8.17. The number of benzene rings is 3. The number of anilines is 1. The summed E-state index contributed by atoms with van der Waals surface area (Å²) in [5, 5.41) is 2.99. The Balaban J connectivity index is 2.00. The minimum absolute atomic E-state index is 0.0896. The van der Waals surface area contributed by atoms with E-state index in [1.165, 1.54) is 17.0 Å². The van der Waals surface area contributed by atoms with Crippen LogP contribution in [-0.2, 0) is 26.0 Å². The molecular formula is C31H39N3O4S. The number of amides is 2. The summed E-state index contributed by atoms with van der Waals surface area (Å²) >= 11 is 0. The summed E-state index contributed by atoms with van der Waals surface area (Å²) in [7, 11) is -4.06. The highest BCUT2D eigenvalue weighted by Gasteiger charge is 2.34. The van der Waals surface area contributed by atoms with E-state index in [2.05, 4.69) is 5.32 Å². The molecule has 0 fully saturated rings. The van der Waals surface area contributed by atoms with Crippen LogP contribution in [0.1, 0.15) is 45.2 Å². The van der Waals surface area contributed by atoms with Crippen LogP contribution in [0.15, 0.2) is 89.8 Å². The number of carbonyl (C=O) groups is 2. The van der Waals surface area contributed by atoms with Crippen molar-refractivity contribution in [3.8, 4) is 0 Å². The van der Waals surface area contributed by atoms with E-state index in [-0.39, 0.29) is 17.3 Å². The molecule has 0 saturated heterocycles. The number of nitrogens with one attached hydrogen (secondary N) is 1. The topological polar surface area (TPSA) is 86.8 Å². The summed E-state index contributed by atoms with van der Waals surface area (Å²) < 4.78 is 28.7. The van der Waals surface area contributed by atoms with E-state index >= 15 is 0 Å². The second-order valence-corrected chi connectivity index (χ2v) is 12.5. The van der Waals surface area contributed by atoms with E-state index in [4.69, 9.17) is 0 Å². The minimum Gasteiger partial charge on any atom is -0.350 e. The van der Waals surface area contributed by atoms with Crippen molar-refractivity contribution in [1.29, 1.82) is 0 Å². The SMILES string of the molecule is CC[C@H](C(=O)NC(C)(C)C)N(CCc1ccccc1)C(=O)CN(c1ccc(C)cc1)S(=O)(=O)c1ccccc1. The first-order valence-electron chi connectivity index (χ1n) is 13.2. The van der Waals surface area contributed by atoms with Gasteiger partial charge in [-0.15, -0.1) is 0 Å². The van der Waals surface area contributed by atoms with Crippen LogP contribution < -0.4 is 9.62 Å². The molecule has 7 nitrogen and oxygen atoms in total. The molecule has 0 aliphatic rings. The maximum absolute atomic E-state index is 14.0. The first-order chi connectivity index (χ1) is 18.4. The van der Waals surface area contributed by atoms with Gasteiger partial charge >= 0.3 is 0 Å². The van der Waals surface area contributed by atoms with Crippen LogP contribution in [0.25, 0.3) is 0 Å². The normalized spacial score (nSPS) is 12.4. The number of hydrogen-bond acceptors (Lipinski definition) is 4. The molecule has 0 saturated carbocycles. The Kier molecular flexibility index (Phi) is 9.92. The summed E-state index contributed by atoms with van der Waals surface area (Å²) in [5.41, 5.74) is 1.89. The highest BCUT2D eigenvalue weighted by Crippen LogP contribution is 2.25. The molecule has 0 aromatic heterocycles. The van der Waals surface area contributed by atoms with Gasteiger partial charge in [-0.2, -0.15) is 0 Å². The quantitative estimate of drug-likeness (QED) is 0.367. The molecule has 0 heterocycles. The second-order valence-electron chi connectivity index (χ2n) is 10.6. The predicted octanol–water partition coefficient (Wildman–Crippen LogP) is 4.95. The van der Waals surface area contributed by atoms with E-state index in [1.807, 2.05) is 77.1 Å². The summed E-state index contributed by atoms with van der Waals surface area (Å²) in [4.78, 5) is 28.9. The Morgan fingerprint density at radius 3 is 1.97 bits per heavy atom. The van der Waals surface area contributed by atoms with Gasteiger partial charge in [0.2, 0.25) is 11.8 Å². The standard InChI is InChI=1S/C31H39N3O4S/c1-6-28(30(36)32-31(3,4)5)33(22-21-25-13-9-7-10-14-25)29(35)23-34(26-19-17-24(2)18-20-26)39(37,38)27-15-11-8-12-16-27/h7-20,28H,6,21-23H2,1-5H3,(H,32,36)/t28-/m1/s1. The summed E-state index contributed by atoms with van der Waals surface area (Å²) in [6.07, 6.45) is 0.917. The van der Waals surface area contributed by atoms with E-state index in [9.17, 15) is 18.0 Å². The molecule has 39 heavy (non-hydrogen) atoms. The van der Waals surface area contributed by atoms with Crippen LogP contribution in [0.3, 0.4) is 0 Å². The van der Waals surface area contributed by atoms with Gasteiger partial charge in [-0.05, 0) is 70.4 Å². The van der Waals surface area contributed by atoms with E-state index in [0.717, 1.165) is 15.4 Å². The Morgan fingerprint density at radius 2 is 1.44 bits per heavy atom. The van der Waals surface area contributed by atoms with Crippen LogP contribution in [0.2, 0.25) is 0 Å². The van der Waals surface area contributed by atoms with Crippen LogP contribution in [0.4, 0.5) is 5.69 Å². The number of rotatable bonds is 11. The second kappa shape index (κ2) is 12.9. The third-order valence-electron chi connectivity index (χ3n) is 6.30. The first-order valence-corrected chi connectivity index (χ1v) is 14.7. The van der Waals surface area contributed by atoms with Crippen LogP contribution in [0.5, 0.6) is 0 Å². The molecule has 3 aromatic carbocycles. The van der Waals surface area contributed by atoms with E-state index in [0.29, 0.717) is 18.5 Å². The van der Waals surface area contributed by atoms with Gasteiger partial charge in [0.05, 0.1) is 10.6 Å². The fraction of sp³-hybridized carbons (Fsp3) is 0.355. The predicted molar refractivity (Wildman–Crippen MR) is 156 cm³/mol. The first kappa shape index (κ1) is 29.9. The molecule has 8 heteroatoms. The molecule has 0 aliphatic heterocycles. The van der Waals surface area contributed by atoms with Gasteiger partial charge < -0.3 is 10.2 Å². The van der Waals surface area contributed by atoms with Crippen LogP contribution in [-0.4, -0.2) is 49.8 Å². The van der Waals surface area contributed by atoms with E-state index < -0.39 is 34.1 Å². The molecule has 0 bridgehead atoms. The maximum atomic E-state index is 14.0. The largest absolute Gasteiger partial charge is 0.350 e. The Labute approximate surface area is 232 Å². The smallest absolute Gasteiger partial charge is 0.264 e. The van der Waals surface area contributed by atoms with Crippen LogP contribution in [0, 0.1) is 6.92 Å². The highest BCUT2D eigenvalue weighted by atomic mass is 32.2. The molecule has 0 unspecified atom stereocenters. The average Bonchev–Trinajstić information content (AvgIpc) is 2.90. The Bertz CT molecular complexity index is 1340. The number of aryl methyl sites for hydroxylation is 1. The van der Waals surface area contributed by atoms with Gasteiger partial charge in [-0.25, -0.2) is 8.42 Å². The number of sulfonamides is 1. The van der Waals surface area contributed by atoms with Crippen molar-refractivity contribution in [2.45, 2.75) is 63.9 Å². The van der Waals surface area contributed by atoms with Crippen molar-refractivity contribution in [1.82, 2.24) is 10.2 Å². The zero-order valence-electron chi connectivity index (χ0n) is 23.4. The van der Waals surface area contributed by atoms with Crippen LogP contribution >= 0.6 is 0 Å². The van der Waals surface area contributed by atoms with Crippen molar-refractivity contribution in [2.75, 3.05) is 17.4 Å². The zero-order chi connectivity index (χ0) is 28.6. The summed E-state index contributed by atoms with van der Waals surface area (Å²) in [6, 6.07) is 24.1. The van der Waals surface area contributed by atoms with Crippen molar-refractivity contribution < 1.29 is 18.0 Å². The lowest BCUT2D eigenvalue weighted by Gasteiger charge is -2.34. The molecule has 208 valence electrons. The third-order valence-corrected chi connectivity index (χ3v) is 8.09. The number of nitrogens with zero attached hydrogens (tertiary/aromatic N) is 2. The lowest BCUT2D eigenvalue weighted by atomic mass is 10.1. The van der Waals surface area contributed by atoms with E-state index in [1.54, 1.807) is 30.3 Å². The number of hydrogen-bond donors (Lipinski definition) is 1. The zero-order valence-corrected chi connectivity index (χ0v) is 24.2. The molecule has 1 N–H and O–H groups in total. The van der Waals surface area contributed by atoms with Gasteiger partial charge in [0, 0.05) is 12.1 Å². The van der Waals surface area contributed by atoms with Gasteiger partial charge in [-0.1, -0.05) is 73.2 Å². The maximum Gasteiger partial charge on any atom is 0.264 e. The lowest BCUT2D eigenvalue weighted by molar-refractivity contribution is -0.140. The van der Waals surface area contributed by atoms with Crippen molar-refractivity contribution in [2.24, 2.45) is 0 Å². The molecule has 3 aromatic rings. The molecule has 0 aliphatic carbocycles. The average molecular weight is 550 g/mol. The fourth-order valence-corrected chi connectivity index (χ4v) is 5.74. The minimum atomic E-state index is -4.06. The summed E-state index contributed by atoms with van der Waals surface area (Å²) in [5.74, 6) is -0.707. The monoisotopic (exact) mass is 549 g/mol. The summed E-state index contributed by atoms with van der Waals surface area (Å²) in [6.45, 7) is 9.27. The highest BCUT2D eigenvalue weighted by molar-refractivity contribution is 7.92. The van der Waals surface area contributed by atoms with Gasteiger partial charge in [0.15, 0.2) is 0 Å². The van der Waals surface area contributed by atoms with Gasteiger partial charge in [0.1, 0.15) is 12.6 Å². The molecule has 2 amide bonds. The number of carbonyl (C=O) groups excluding carboxylic acids is 2. The fourth-order valence-electron chi connectivity index (χ4n) is 4.31. The lowest BCUT2D eigenvalue weighted by Crippen LogP contribution is -2.56. The van der Waals surface area contributed by atoms with Crippen molar-refractivity contribution in [3.63, 3.8) is 0 Å². The molecule has 0 spiro atoms. The Morgan fingerprint density at radius 1 is 0.872 bits per heavy atom. The molecule has 1 atom stereocenters.